The molecular formula is C14H16O4. The second-order valence-electron chi connectivity index (χ2n) is 5.03. The van der Waals surface area contributed by atoms with Gasteiger partial charge in [-0.2, -0.15) is 0 Å². The number of esters is 1. The standard InChI is InChI=1S/C14H16O4/c15-12-6-7-14(8-16-12)9-17-13(18-10-14)11-4-2-1-3-5-11/h1-5,13H,6-10H2. The highest BCUT2D eigenvalue weighted by Crippen LogP contribution is 2.37. The van der Waals surface area contributed by atoms with Crippen molar-refractivity contribution in [2.45, 2.75) is 19.1 Å². The third-order valence-electron chi connectivity index (χ3n) is 3.55. The van der Waals surface area contributed by atoms with Gasteiger partial charge in [0.25, 0.3) is 0 Å². The third kappa shape index (κ3) is 2.26. The molecular weight excluding hydrogens is 232 g/mol. The van der Waals surface area contributed by atoms with E-state index in [1.54, 1.807) is 0 Å². The maximum absolute atomic E-state index is 11.1. The van der Waals surface area contributed by atoms with Gasteiger partial charge in [-0.3, -0.25) is 4.79 Å². The van der Waals surface area contributed by atoms with Crippen LogP contribution in [0.2, 0.25) is 0 Å². The molecule has 4 heteroatoms. The molecule has 2 aliphatic heterocycles. The summed E-state index contributed by atoms with van der Waals surface area (Å²) in [5.74, 6) is -0.120. The maximum Gasteiger partial charge on any atom is 0.305 e. The lowest BCUT2D eigenvalue weighted by atomic mass is 9.83. The normalized spacial score (nSPS) is 32.2. The number of hydrogen-bond donors (Lipinski definition) is 0. The molecule has 2 fully saturated rings. The van der Waals surface area contributed by atoms with Crippen LogP contribution in [0, 0.1) is 5.41 Å². The zero-order chi connectivity index (χ0) is 12.4. The summed E-state index contributed by atoms with van der Waals surface area (Å²) in [6, 6.07) is 9.88. The smallest absolute Gasteiger partial charge is 0.305 e. The molecule has 0 atom stereocenters. The average Bonchev–Trinajstić information content (AvgIpc) is 2.44. The predicted octanol–water partition coefficient (Wildman–Crippen LogP) is 2.06. The van der Waals surface area contributed by atoms with Crippen LogP contribution in [0.5, 0.6) is 0 Å². The molecule has 0 saturated carbocycles. The lowest BCUT2D eigenvalue weighted by Gasteiger charge is -2.41. The number of benzene rings is 1. The molecule has 1 spiro atoms. The number of carbonyl (C=O) groups excluding carboxylic acids is 1. The van der Waals surface area contributed by atoms with Crippen LogP contribution in [-0.2, 0) is 19.0 Å². The molecule has 0 amide bonds. The minimum Gasteiger partial charge on any atom is -0.465 e. The minimum absolute atomic E-state index is 0.120. The van der Waals surface area contributed by atoms with Crippen molar-refractivity contribution in [2.24, 2.45) is 5.41 Å². The van der Waals surface area contributed by atoms with Crippen LogP contribution in [-0.4, -0.2) is 25.8 Å². The summed E-state index contributed by atoms with van der Waals surface area (Å²) in [5.41, 5.74) is 0.888. The van der Waals surface area contributed by atoms with Gasteiger partial charge < -0.3 is 14.2 Å². The second kappa shape index (κ2) is 4.71. The lowest BCUT2D eigenvalue weighted by Crippen LogP contribution is -2.45. The van der Waals surface area contributed by atoms with Gasteiger partial charge in [0.05, 0.1) is 18.6 Å². The van der Waals surface area contributed by atoms with Crippen LogP contribution in [0.3, 0.4) is 0 Å². The van der Waals surface area contributed by atoms with E-state index in [0.717, 1.165) is 12.0 Å². The molecule has 4 nitrogen and oxygen atoms in total. The van der Waals surface area contributed by atoms with Gasteiger partial charge in [-0.05, 0) is 6.42 Å². The largest absolute Gasteiger partial charge is 0.465 e. The van der Waals surface area contributed by atoms with Crippen molar-refractivity contribution in [3.63, 3.8) is 0 Å². The fourth-order valence-corrected chi connectivity index (χ4v) is 2.37. The topological polar surface area (TPSA) is 44.8 Å². The molecule has 0 N–H and O–H groups in total. The van der Waals surface area contributed by atoms with E-state index in [2.05, 4.69) is 0 Å². The summed E-state index contributed by atoms with van der Waals surface area (Å²) in [6.07, 6.45) is 0.949. The van der Waals surface area contributed by atoms with E-state index in [0.29, 0.717) is 26.2 Å². The van der Waals surface area contributed by atoms with Crippen molar-refractivity contribution in [1.82, 2.24) is 0 Å². The number of cyclic esters (lactones) is 1. The first-order chi connectivity index (χ1) is 8.77. The Kier molecular flexibility index (Phi) is 3.06. The number of ether oxygens (including phenoxy) is 3. The Bertz CT molecular complexity index is 409. The Balaban J connectivity index is 1.63. The molecule has 1 aromatic rings. The summed E-state index contributed by atoms with van der Waals surface area (Å²) in [6.45, 7) is 1.58. The molecule has 0 unspecified atom stereocenters. The maximum atomic E-state index is 11.1. The Morgan fingerprint density at radius 3 is 2.39 bits per heavy atom. The zero-order valence-electron chi connectivity index (χ0n) is 10.1. The van der Waals surface area contributed by atoms with Gasteiger partial charge in [-0.15, -0.1) is 0 Å². The van der Waals surface area contributed by atoms with Crippen molar-refractivity contribution in [1.29, 1.82) is 0 Å². The fraction of sp³-hybridized carbons (Fsp3) is 0.500. The van der Waals surface area contributed by atoms with E-state index < -0.39 is 0 Å². The summed E-state index contributed by atoms with van der Waals surface area (Å²) < 4.78 is 16.7. The summed E-state index contributed by atoms with van der Waals surface area (Å²) in [7, 11) is 0. The second-order valence-corrected chi connectivity index (χ2v) is 5.03. The highest BCUT2D eigenvalue weighted by Gasteiger charge is 2.41. The van der Waals surface area contributed by atoms with E-state index in [1.165, 1.54) is 0 Å². The first kappa shape index (κ1) is 11.7. The Morgan fingerprint density at radius 2 is 1.78 bits per heavy atom. The molecule has 2 aliphatic rings. The molecule has 0 bridgehead atoms. The third-order valence-corrected chi connectivity index (χ3v) is 3.55. The van der Waals surface area contributed by atoms with Gasteiger partial charge in [-0.1, -0.05) is 30.3 Å². The van der Waals surface area contributed by atoms with E-state index >= 15 is 0 Å². The van der Waals surface area contributed by atoms with Crippen molar-refractivity contribution >= 4 is 5.97 Å². The van der Waals surface area contributed by atoms with Gasteiger partial charge >= 0.3 is 5.97 Å². The van der Waals surface area contributed by atoms with Gasteiger partial charge in [0.15, 0.2) is 6.29 Å². The van der Waals surface area contributed by atoms with Crippen molar-refractivity contribution in [3.8, 4) is 0 Å². The van der Waals surface area contributed by atoms with Crippen LogP contribution in [0.25, 0.3) is 0 Å². The molecule has 0 aliphatic carbocycles. The van der Waals surface area contributed by atoms with Crippen molar-refractivity contribution < 1.29 is 19.0 Å². The number of hydrogen-bond acceptors (Lipinski definition) is 4. The number of rotatable bonds is 1. The SMILES string of the molecule is O=C1CCC2(CO1)COC(c1ccccc1)OC2. The predicted molar refractivity (Wildman–Crippen MR) is 63.7 cm³/mol. The van der Waals surface area contributed by atoms with E-state index in [4.69, 9.17) is 14.2 Å². The van der Waals surface area contributed by atoms with Crippen LogP contribution in [0.1, 0.15) is 24.7 Å². The highest BCUT2D eigenvalue weighted by atomic mass is 16.7. The van der Waals surface area contributed by atoms with Crippen molar-refractivity contribution in [3.05, 3.63) is 35.9 Å². The quantitative estimate of drug-likeness (QED) is 0.713. The first-order valence-corrected chi connectivity index (χ1v) is 6.21. The van der Waals surface area contributed by atoms with Gasteiger partial charge in [0.2, 0.25) is 0 Å². The molecule has 0 aromatic heterocycles. The minimum atomic E-state index is -0.297. The van der Waals surface area contributed by atoms with Crippen molar-refractivity contribution in [2.75, 3.05) is 19.8 Å². The van der Waals surface area contributed by atoms with Gasteiger partial charge in [0.1, 0.15) is 6.61 Å². The number of carbonyl (C=O) groups is 1. The van der Waals surface area contributed by atoms with Crippen LogP contribution < -0.4 is 0 Å². The van der Waals surface area contributed by atoms with E-state index in [1.807, 2.05) is 30.3 Å². The van der Waals surface area contributed by atoms with Crippen LogP contribution in [0.4, 0.5) is 0 Å². The Labute approximate surface area is 106 Å². The fourth-order valence-electron chi connectivity index (χ4n) is 2.37. The van der Waals surface area contributed by atoms with Gasteiger partial charge in [-0.25, -0.2) is 0 Å². The van der Waals surface area contributed by atoms with E-state index in [-0.39, 0.29) is 17.7 Å². The molecule has 2 heterocycles. The monoisotopic (exact) mass is 248 g/mol. The Morgan fingerprint density at radius 1 is 1.06 bits per heavy atom. The molecule has 3 rings (SSSR count). The highest BCUT2D eigenvalue weighted by molar-refractivity contribution is 5.70. The van der Waals surface area contributed by atoms with Crippen LogP contribution in [0.15, 0.2) is 30.3 Å². The summed E-state index contributed by atoms with van der Waals surface area (Å²) in [4.78, 5) is 11.1. The van der Waals surface area contributed by atoms with Crippen LogP contribution >= 0.6 is 0 Å². The molecule has 0 radical (unpaired) electrons. The molecule has 18 heavy (non-hydrogen) atoms. The van der Waals surface area contributed by atoms with E-state index in [9.17, 15) is 4.79 Å². The molecule has 2 saturated heterocycles. The summed E-state index contributed by atoms with van der Waals surface area (Å²) in [5, 5.41) is 0. The Hall–Kier alpha value is -1.39. The average molecular weight is 248 g/mol. The van der Waals surface area contributed by atoms with Gasteiger partial charge in [0, 0.05) is 12.0 Å². The first-order valence-electron chi connectivity index (χ1n) is 6.21. The lowest BCUT2D eigenvalue weighted by molar-refractivity contribution is -0.250. The molecule has 1 aromatic carbocycles. The summed E-state index contributed by atoms with van der Waals surface area (Å²) >= 11 is 0. The zero-order valence-corrected chi connectivity index (χ0v) is 10.1. The molecule has 96 valence electrons.